The molecule has 3 N–H and O–H groups in total. The van der Waals surface area contributed by atoms with Gasteiger partial charge in [0.05, 0.1) is 11.7 Å². The van der Waals surface area contributed by atoms with Crippen LogP contribution in [0.2, 0.25) is 0 Å². The first-order valence-corrected chi connectivity index (χ1v) is 10.7. The molecule has 3 aliphatic rings. The van der Waals surface area contributed by atoms with E-state index in [2.05, 4.69) is 13.0 Å². The Hall–Kier alpha value is -2.33. The second-order valence-corrected chi connectivity index (χ2v) is 9.51. The van der Waals surface area contributed by atoms with E-state index in [4.69, 9.17) is 0 Å². The van der Waals surface area contributed by atoms with Crippen molar-refractivity contribution in [2.24, 2.45) is 17.3 Å². The molecule has 0 aliphatic heterocycles. The Balaban J connectivity index is 1.59. The van der Waals surface area contributed by atoms with Crippen molar-refractivity contribution in [1.29, 1.82) is 0 Å². The fourth-order valence-corrected chi connectivity index (χ4v) is 6.98. The standard InChI is InChI=1S/C25H28O4/c1-25-11-10-18-16-9-7-15(26)12-14(16)6-8-19(18)23(25)21(13-22(25)27)17-4-2-3-5-20(17)24(28)29/h2-5,7,9,12,18-19,21-23,26-27H,6,8,10-11,13H2,1H3,(H,28,29)/t18-,19-,21?,22?,23-,25-/m1/s1. The van der Waals surface area contributed by atoms with Crippen LogP contribution >= 0.6 is 0 Å². The first-order valence-electron chi connectivity index (χ1n) is 10.7. The monoisotopic (exact) mass is 392 g/mol. The van der Waals surface area contributed by atoms with Gasteiger partial charge in [-0.2, -0.15) is 0 Å². The number of carbonyl (C=O) groups is 1. The van der Waals surface area contributed by atoms with Crippen LogP contribution in [-0.2, 0) is 6.42 Å². The maximum absolute atomic E-state index is 11.9. The van der Waals surface area contributed by atoms with E-state index in [-0.39, 0.29) is 17.3 Å². The number of phenolic OH excluding ortho intramolecular Hbond substituents is 1. The molecule has 0 radical (unpaired) electrons. The van der Waals surface area contributed by atoms with Gasteiger partial charge in [0, 0.05) is 0 Å². The summed E-state index contributed by atoms with van der Waals surface area (Å²) in [7, 11) is 0. The summed E-state index contributed by atoms with van der Waals surface area (Å²) in [6.45, 7) is 2.22. The van der Waals surface area contributed by atoms with E-state index in [0.29, 0.717) is 29.6 Å². The summed E-state index contributed by atoms with van der Waals surface area (Å²) in [5.41, 5.74) is 3.66. The lowest BCUT2D eigenvalue weighted by Gasteiger charge is -2.51. The Morgan fingerprint density at radius 1 is 1.07 bits per heavy atom. The molecule has 5 rings (SSSR count). The average molecular weight is 392 g/mol. The van der Waals surface area contributed by atoms with Crippen molar-refractivity contribution in [3.05, 3.63) is 64.7 Å². The Kier molecular flexibility index (Phi) is 4.25. The van der Waals surface area contributed by atoms with Crippen LogP contribution in [0.1, 0.15) is 71.5 Å². The number of fused-ring (bicyclic) bond motifs is 5. The third kappa shape index (κ3) is 2.72. The molecule has 2 saturated carbocycles. The Morgan fingerprint density at radius 3 is 2.66 bits per heavy atom. The summed E-state index contributed by atoms with van der Waals surface area (Å²) in [4.78, 5) is 11.9. The first kappa shape index (κ1) is 18.7. The summed E-state index contributed by atoms with van der Waals surface area (Å²) in [6.07, 6.45) is 4.19. The van der Waals surface area contributed by atoms with Crippen molar-refractivity contribution in [2.75, 3.05) is 0 Å². The summed E-state index contributed by atoms with van der Waals surface area (Å²) < 4.78 is 0. The number of carboxylic acids is 1. The Morgan fingerprint density at radius 2 is 1.86 bits per heavy atom. The number of hydrogen-bond acceptors (Lipinski definition) is 3. The second kappa shape index (κ2) is 6.60. The number of aryl methyl sites for hydroxylation is 1. The minimum Gasteiger partial charge on any atom is -0.508 e. The van der Waals surface area contributed by atoms with E-state index in [1.165, 1.54) is 11.1 Å². The molecule has 0 saturated heterocycles. The second-order valence-electron chi connectivity index (χ2n) is 9.51. The smallest absolute Gasteiger partial charge is 0.335 e. The number of aromatic carboxylic acids is 1. The molecule has 0 aromatic heterocycles. The van der Waals surface area contributed by atoms with Crippen molar-refractivity contribution < 1.29 is 20.1 Å². The minimum absolute atomic E-state index is 0.0637. The zero-order valence-corrected chi connectivity index (χ0v) is 16.7. The van der Waals surface area contributed by atoms with Gasteiger partial charge < -0.3 is 15.3 Å². The zero-order chi connectivity index (χ0) is 20.3. The number of aliphatic hydroxyl groups excluding tert-OH is 1. The number of rotatable bonds is 2. The van der Waals surface area contributed by atoms with E-state index in [0.717, 1.165) is 31.2 Å². The van der Waals surface area contributed by atoms with Crippen molar-refractivity contribution in [2.45, 2.75) is 57.0 Å². The summed E-state index contributed by atoms with van der Waals surface area (Å²) in [6, 6.07) is 13.1. The molecule has 0 heterocycles. The minimum atomic E-state index is -0.888. The molecular weight excluding hydrogens is 364 g/mol. The van der Waals surface area contributed by atoms with E-state index in [1.54, 1.807) is 18.2 Å². The van der Waals surface area contributed by atoms with Gasteiger partial charge in [0.1, 0.15) is 5.75 Å². The Labute approximate surface area is 171 Å². The summed E-state index contributed by atoms with van der Waals surface area (Å²) >= 11 is 0. The van der Waals surface area contributed by atoms with Crippen LogP contribution in [0, 0.1) is 17.3 Å². The lowest BCUT2D eigenvalue weighted by molar-refractivity contribution is -0.0252. The molecule has 0 amide bonds. The molecule has 2 unspecified atom stereocenters. The molecule has 0 bridgehead atoms. The van der Waals surface area contributed by atoms with E-state index >= 15 is 0 Å². The van der Waals surface area contributed by atoms with Crippen molar-refractivity contribution in [3.8, 4) is 5.75 Å². The normalized spacial score (nSPS) is 35.4. The van der Waals surface area contributed by atoms with Gasteiger partial charge in [-0.3, -0.25) is 0 Å². The molecule has 6 atom stereocenters. The van der Waals surface area contributed by atoms with Crippen LogP contribution in [0.3, 0.4) is 0 Å². The lowest BCUT2D eigenvalue weighted by Crippen LogP contribution is -2.45. The fourth-order valence-electron chi connectivity index (χ4n) is 6.98. The van der Waals surface area contributed by atoms with Crippen molar-refractivity contribution in [1.82, 2.24) is 0 Å². The van der Waals surface area contributed by atoms with E-state index in [1.807, 2.05) is 18.2 Å². The molecule has 29 heavy (non-hydrogen) atoms. The first-order chi connectivity index (χ1) is 13.9. The molecule has 0 spiro atoms. The van der Waals surface area contributed by atoms with Gasteiger partial charge in [0.2, 0.25) is 0 Å². The fraction of sp³-hybridized carbons (Fsp3) is 0.480. The maximum Gasteiger partial charge on any atom is 0.335 e. The molecular formula is C25H28O4. The molecule has 2 aromatic rings. The van der Waals surface area contributed by atoms with Gasteiger partial charge in [-0.05, 0) is 96.1 Å². The number of aliphatic hydroxyl groups is 1. The molecule has 4 nitrogen and oxygen atoms in total. The van der Waals surface area contributed by atoms with E-state index in [9.17, 15) is 20.1 Å². The van der Waals surface area contributed by atoms with Crippen LogP contribution in [-0.4, -0.2) is 27.4 Å². The van der Waals surface area contributed by atoms with Crippen LogP contribution < -0.4 is 0 Å². The summed E-state index contributed by atoms with van der Waals surface area (Å²) in [5, 5.41) is 30.7. The van der Waals surface area contributed by atoms with Crippen LogP contribution in [0.25, 0.3) is 0 Å². The number of carboxylic acid groups (broad SMARTS) is 1. The number of aromatic hydroxyl groups is 1. The topological polar surface area (TPSA) is 77.8 Å². The third-order valence-electron chi connectivity index (χ3n) is 8.27. The highest BCUT2D eigenvalue weighted by molar-refractivity contribution is 5.89. The Bertz CT molecular complexity index is 967. The van der Waals surface area contributed by atoms with Gasteiger partial charge in [0.25, 0.3) is 0 Å². The highest BCUT2D eigenvalue weighted by Crippen LogP contribution is 2.65. The zero-order valence-electron chi connectivity index (χ0n) is 16.7. The van der Waals surface area contributed by atoms with Gasteiger partial charge in [0.15, 0.2) is 0 Å². The van der Waals surface area contributed by atoms with Crippen LogP contribution in [0.4, 0.5) is 0 Å². The van der Waals surface area contributed by atoms with Crippen molar-refractivity contribution >= 4 is 5.97 Å². The number of benzene rings is 2. The van der Waals surface area contributed by atoms with E-state index < -0.39 is 12.1 Å². The largest absolute Gasteiger partial charge is 0.508 e. The quantitative estimate of drug-likeness (QED) is 0.692. The van der Waals surface area contributed by atoms with Gasteiger partial charge >= 0.3 is 5.97 Å². The molecule has 2 aromatic carbocycles. The highest BCUT2D eigenvalue weighted by Gasteiger charge is 2.59. The van der Waals surface area contributed by atoms with Crippen LogP contribution in [0.5, 0.6) is 5.75 Å². The van der Waals surface area contributed by atoms with Gasteiger partial charge in [-0.1, -0.05) is 31.2 Å². The predicted octanol–water partition coefficient (Wildman–Crippen LogP) is 4.70. The highest BCUT2D eigenvalue weighted by atomic mass is 16.4. The molecule has 3 aliphatic carbocycles. The molecule has 2 fully saturated rings. The van der Waals surface area contributed by atoms with Crippen LogP contribution in [0.15, 0.2) is 42.5 Å². The molecule has 4 heteroatoms. The SMILES string of the molecule is C[C@]12CC[C@@H]3c4ccc(O)cc4CC[C@H]3[C@@H]1C(c1ccccc1C(=O)O)CC2O. The van der Waals surface area contributed by atoms with Gasteiger partial charge in [-0.15, -0.1) is 0 Å². The predicted molar refractivity (Wildman–Crippen MR) is 110 cm³/mol. The maximum atomic E-state index is 11.9. The lowest BCUT2D eigenvalue weighted by atomic mass is 9.53. The number of hydrogen-bond donors (Lipinski definition) is 3. The molecule has 152 valence electrons. The summed E-state index contributed by atoms with van der Waals surface area (Å²) in [5.74, 6) is 0.609. The average Bonchev–Trinajstić information content (AvgIpc) is 2.98. The van der Waals surface area contributed by atoms with Gasteiger partial charge in [-0.25, -0.2) is 4.79 Å². The number of phenols is 1. The third-order valence-corrected chi connectivity index (χ3v) is 8.27. The van der Waals surface area contributed by atoms with Crippen molar-refractivity contribution in [3.63, 3.8) is 0 Å².